The van der Waals surface area contributed by atoms with Gasteiger partial charge in [-0.3, -0.25) is 0 Å². The van der Waals surface area contributed by atoms with Crippen LogP contribution in [0.2, 0.25) is 0 Å². The fourth-order valence-corrected chi connectivity index (χ4v) is 2.21. The molecule has 1 rings (SSSR count). The average molecular weight is 265 g/mol. The van der Waals surface area contributed by atoms with Crippen molar-refractivity contribution in [3.63, 3.8) is 0 Å². The van der Waals surface area contributed by atoms with Gasteiger partial charge in [-0.05, 0) is 38.3 Å². The molecule has 0 bridgehead atoms. The van der Waals surface area contributed by atoms with Crippen LogP contribution >= 0.6 is 12.2 Å². The number of nitrogens with two attached hydrogens (primary N) is 1. The van der Waals surface area contributed by atoms with E-state index >= 15 is 0 Å². The summed E-state index contributed by atoms with van der Waals surface area (Å²) >= 11 is 5.10. The normalized spacial score (nSPS) is 12.6. The van der Waals surface area contributed by atoms with Crippen LogP contribution in [0.25, 0.3) is 0 Å². The number of aryl methyl sites for hydroxylation is 1. The molecule has 0 saturated heterocycles. The summed E-state index contributed by atoms with van der Waals surface area (Å²) in [4.78, 5) is 7.15. The lowest BCUT2D eigenvalue weighted by Crippen LogP contribution is -2.33. The number of hydrogen-bond acceptors (Lipinski definition) is 3. The monoisotopic (exact) mass is 265 g/mol. The minimum absolute atomic E-state index is 0.404. The van der Waals surface area contributed by atoms with Gasteiger partial charge in [0, 0.05) is 18.8 Å². The van der Waals surface area contributed by atoms with Gasteiger partial charge in [-0.1, -0.05) is 26.1 Å². The number of rotatable bonds is 5. The van der Waals surface area contributed by atoms with Gasteiger partial charge in [0.1, 0.15) is 10.8 Å². The molecule has 1 heterocycles. The van der Waals surface area contributed by atoms with Crippen LogP contribution in [-0.4, -0.2) is 23.1 Å². The molecule has 1 unspecified atom stereocenters. The molecule has 1 aromatic heterocycles. The Kier molecular flexibility index (Phi) is 5.08. The summed E-state index contributed by atoms with van der Waals surface area (Å²) in [5.41, 5.74) is 7.60. The number of pyridine rings is 1. The second-order valence-corrected chi connectivity index (χ2v) is 5.72. The number of aromatic nitrogens is 1. The van der Waals surface area contributed by atoms with Crippen molar-refractivity contribution in [2.75, 3.05) is 11.9 Å². The first-order valence-electron chi connectivity index (χ1n) is 6.33. The summed E-state index contributed by atoms with van der Waals surface area (Å²) in [6.07, 6.45) is 1.11. The van der Waals surface area contributed by atoms with Crippen molar-refractivity contribution in [2.45, 2.75) is 40.2 Å². The molecule has 0 aliphatic carbocycles. The largest absolute Gasteiger partial charge is 0.389 e. The van der Waals surface area contributed by atoms with Crippen LogP contribution in [0.15, 0.2) is 12.1 Å². The van der Waals surface area contributed by atoms with E-state index in [0.717, 1.165) is 23.5 Å². The van der Waals surface area contributed by atoms with E-state index in [4.69, 9.17) is 18.0 Å². The average Bonchev–Trinajstić information content (AvgIpc) is 2.26. The van der Waals surface area contributed by atoms with Crippen molar-refractivity contribution < 1.29 is 0 Å². The highest BCUT2D eigenvalue weighted by atomic mass is 32.1. The van der Waals surface area contributed by atoms with Crippen LogP contribution in [0, 0.1) is 12.8 Å². The summed E-state index contributed by atoms with van der Waals surface area (Å²) in [7, 11) is 2.05. The molecule has 0 fully saturated rings. The summed E-state index contributed by atoms with van der Waals surface area (Å²) in [5.74, 6) is 1.54. The molecule has 0 radical (unpaired) electrons. The zero-order valence-corrected chi connectivity index (χ0v) is 12.7. The van der Waals surface area contributed by atoms with E-state index < -0.39 is 0 Å². The van der Waals surface area contributed by atoms with Gasteiger partial charge in [0.2, 0.25) is 0 Å². The minimum Gasteiger partial charge on any atom is -0.389 e. The standard InChI is InChI=1S/C14H23N3S/c1-9(2)8-11(4)17(5)14-12(13(15)18)7-6-10(3)16-14/h6-7,9,11H,8H2,1-5H3,(H2,15,18). The van der Waals surface area contributed by atoms with Crippen LogP contribution in [0.3, 0.4) is 0 Å². The Morgan fingerprint density at radius 3 is 2.50 bits per heavy atom. The van der Waals surface area contributed by atoms with E-state index in [1.807, 2.05) is 19.1 Å². The number of hydrogen-bond donors (Lipinski definition) is 1. The first-order chi connectivity index (χ1) is 8.32. The summed E-state index contributed by atoms with van der Waals surface area (Å²) in [6.45, 7) is 8.63. The third-order valence-corrected chi connectivity index (χ3v) is 3.31. The van der Waals surface area contributed by atoms with Crippen LogP contribution in [0.1, 0.15) is 38.4 Å². The highest BCUT2D eigenvalue weighted by Gasteiger charge is 2.17. The Hall–Kier alpha value is -1.16. The number of nitrogens with zero attached hydrogens (tertiary/aromatic N) is 2. The second kappa shape index (κ2) is 6.14. The Morgan fingerprint density at radius 2 is 2.00 bits per heavy atom. The fraction of sp³-hybridized carbons (Fsp3) is 0.571. The topological polar surface area (TPSA) is 42.1 Å². The van der Waals surface area contributed by atoms with Crippen molar-refractivity contribution in [3.8, 4) is 0 Å². The molecule has 0 aromatic carbocycles. The molecular formula is C14H23N3S. The van der Waals surface area contributed by atoms with Gasteiger partial charge in [-0.25, -0.2) is 4.98 Å². The van der Waals surface area contributed by atoms with Crippen molar-refractivity contribution >= 4 is 23.0 Å². The fourth-order valence-electron chi connectivity index (χ4n) is 2.05. The van der Waals surface area contributed by atoms with E-state index in [9.17, 15) is 0 Å². The molecule has 1 atom stereocenters. The zero-order valence-electron chi connectivity index (χ0n) is 11.9. The summed E-state index contributed by atoms with van der Waals surface area (Å²) in [5, 5.41) is 0. The van der Waals surface area contributed by atoms with Crippen molar-refractivity contribution in [1.82, 2.24) is 4.98 Å². The van der Waals surface area contributed by atoms with E-state index in [0.29, 0.717) is 16.9 Å². The van der Waals surface area contributed by atoms with E-state index in [1.165, 1.54) is 0 Å². The highest BCUT2D eigenvalue weighted by molar-refractivity contribution is 7.80. The third kappa shape index (κ3) is 3.67. The van der Waals surface area contributed by atoms with E-state index in [-0.39, 0.29) is 0 Å². The van der Waals surface area contributed by atoms with Gasteiger partial charge in [0.25, 0.3) is 0 Å². The first-order valence-corrected chi connectivity index (χ1v) is 6.74. The molecule has 100 valence electrons. The molecule has 0 aliphatic rings. The smallest absolute Gasteiger partial charge is 0.139 e. The third-order valence-electron chi connectivity index (χ3n) is 3.09. The molecule has 1 aromatic rings. The maximum absolute atomic E-state index is 5.77. The predicted molar refractivity (Wildman–Crippen MR) is 82.2 cm³/mol. The lowest BCUT2D eigenvalue weighted by Gasteiger charge is -2.29. The Morgan fingerprint density at radius 1 is 1.39 bits per heavy atom. The van der Waals surface area contributed by atoms with Gasteiger partial charge < -0.3 is 10.6 Å². The van der Waals surface area contributed by atoms with Crippen LogP contribution in [0.5, 0.6) is 0 Å². The maximum atomic E-state index is 5.77. The Balaban J connectivity index is 3.06. The van der Waals surface area contributed by atoms with Gasteiger partial charge in [-0.15, -0.1) is 0 Å². The first kappa shape index (κ1) is 14.9. The molecule has 0 spiro atoms. The number of thiocarbonyl (C=S) groups is 1. The molecule has 0 aliphatic heterocycles. The quantitative estimate of drug-likeness (QED) is 0.831. The highest BCUT2D eigenvalue weighted by Crippen LogP contribution is 2.22. The minimum atomic E-state index is 0.404. The van der Waals surface area contributed by atoms with Crippen molar-refractivity contribution in [3.05, 3.63) is 23.4 Å². The van der Waals surface area contributed by atoms with E-state index in [2.05, 4.69) is 37.7 Å². The van der Waals surface area contributed by atoms with Crippen molar-refractivity contribution in [1.29, 1.82) is 0 Å². The number of anilines is 1. The van der Waals surface area contributed by atoms with Gasteiger partial charge in [0.05, 0.1) is 5.56 Å². The van der Waals surface area contributed by atoms with Gasteiger partial charge in [-0.2, -0.15) is 0 Å². The lowest BCUT2D eigenvalue weighted by atomic mass is 10.0. The predicted octanol–water partition coefficient (Wildman–Crippen LogP) is 2.90. The zero-order chi connectivity index (χ0) is 13.9. The molecular weight excluding hydrogens is 242 g/mol. The Labute approximate surface area is 115 Å². The SMILES string of the molecule is Cc1ccc(C(N)=S)c(N(C)C(C)CC(C)C)n1. The van der Waals surface area contributed by atoms with Crippen LogP contribution in [-0.2, 0) is 0 Å². The molecule has 3 nitrogen and oxygen atoms in total. The van der Waals surface area contributed by atoms with Crippen molar-refractivity contribution in [2.24, 2.45) is 11.7 Å². The molecule has 0 saturated carbocycles. The van der Waals surface area contributed by atoms with Crippen LogP contribution in [0.4, 0.5) is 5.82 Å². The molecule has 18 heavy (non-hydrogen) atoms. The summed E-state index contributed by atoms with van der Waals surface area (Å²) in [6, 6.07) is 4.31. The van der Waals surface area contributed by atoms with Gasteiger partial charge in [0.15, 0.2) is 0 Å². The van der Waals surface area contributed by atoms with Crippen LogP contribution < -0.4 is 10.6 Å². The molecule has 0 amide bonds. The van der Waals surface area contributed by atoms with Gasteiger partial charge >= 0.3 is 0 Å². The second-order valence-electron chi connectivity index (χ2n) is 5.28. The molecule has 4 heteroatoms. The Bertz CT molecular complexity index is 429. The van der Waals surface area contributed by atoms with E-state index in [1.54, 1.807) is 0 Å². The maximum Gasteiger partial charge on any atom is 0.139 e. The lowest BCUT2D eigenvalue weighted by molar-refractivity contribution is 0.502. The summed E-state index contributed by atoms with van der Waals surface area (Å²) < 4.78 is 0. The molecule has 2 N–H and O–H groups in total.